The lowest BCUT2D eigenvalue weighted by Gasteiger charge is -2.45. The monoisotopic (exact) mass is 488 g/mol. The molecule has 2 aliphatic heterocycles. The molecule has 8 nitrogen and oxygen atoms in total. The molecule has 184 valence electrons. The van der Waals surface area contributed by atoms with Crippen LogP contribution in [0.25, 0.3) is 0 Å². The number of likely N-dealkylation sites (N-methyl/N-ethyl adjacent to an activating group) is 1. The van der Waals surface area contributed by atoms with Crippen molar-refractivity contribution in [3.8, 4) is 0 Å². The van der Waals surface area contributed by atoms with E-state index in [4.69, 9.17) is 0 Å². The highest BCUT2D eigenvalue weighted by atomic mass is 19.3. The highest BCUT2D eigenvalue weighted by Gasteiger charge is 2.62. The lowest BCUT2D eigenvalue weighted by Crippen LogP contribution is -2.69. The van der Waals surface area contributed by atoms with E-state index in [9.17, 15) is 32.3 Å². The molecule has 3 N–H and O–H groups in total. The standard InChI is InChI=1S/C24H23F3N4O4/c1-11-16(19(32)21(34)30-23(22(35)28-2)9-24(26,27)10-23)18-12-7-15(8-12)31(18)17(11)20(33)29-14-5-3-13(25)4-6-14/h3-6,12,15H,7-10H2,1-2H3,(H,28,35)(H,29,33)(H,30,34). The molecule has 1 aromatic heterocycles. The zero-order valence-electron chi connectivity index (χ0n) is 19.0. The summed E-state index contributed by atoms with van der Waals surface area (Å²) in [4.78, 5) is 51.6. The van der Waals surface area contributed by atoms with Crippen LogP contribution in [0.4, 0.5) is 18.9 Å². The first-order valence-corrected chi connectivity index (χ1v) is 11.2. The summed E-state index contributed by atoms with van der Waals surface area (Å²) in [7, 11) is 1.26. The summed E-state index contributed by atoms with van der Waals surface area (Å²) in [6, 6.07) is 5.22. The van der Waals surface area contributed by atoms with E-state index in [1.165, 1.54) is 31.3 Å². The average molecular weight is 488 g/mol. The van der Waals surface area contributed by atoms with Crippen molar-refractivity contribution in [2.45, 2.75) is 56.0 Å². The number of nitrogens with zero attached hydrogens (tertiary/aromatic N) is 1. The number of carbonyl (C=O) groups is 4. The van der Waals surface area contributed by atoms with Gasteiger partial charge in [-0.15, -0.1) is 0 Å². The number of nitrogens with one attached hydrogen (secondary N) is 3. The van der Waals surface area contributed by atoms with E-state index in [1.54, 1.807) is 11.5 Å². The van der Waals surface area contributed by atoms with E-state index < -0.39 is 53.6 Å². The molecular formula is C24H23F3N4O4. The Hall–Kier alpha value is -3.63. The molecule has 2 aliphatic carbocycles. The summed E-state index contributed by atoms with van der Waals surface area (Å²) in [5, 5.41) is 7.19. The van der Waals surface area contributed by atoms with Crippen molar-refractivity contribution < 1.29 is 32.3 Å². The Labute approximate surface area is 198 Å². The maximum absolute atomic E-state index is 13.6. The number of rotatable bonds is 6. The molecule has 11 heteroatoms. The van der Waals surface area contributed by atoms with Gasteiger partial charge in [0, 0.05) is 43.2 Å². The largest absolute Gasteiger partial charge is 0.357 e. The molecule has 3 amide bonds. The van der Waals surface area contributed by atoms with Crippen molar-refractivity contribution in [2.24, 2.45) is 0 Å². The fraction of sp³-hybridized carbons (Fsp3) is 0.417. The van der Waals surface area contributed by atoms with Crippen LogP contribution in [0.15, 0.2) is 24.3 Å². The number of Topliss-reactive ketones (excluding diaryl/α,β-unsaturated/α-hetero) is 1. The molecule has 0 spiro atoms. The van der Waals surface area contributed by atoms with Crippen LogP contribution in [-0.4, -0.2) is 46.6 Å². The Morgan fingerprint density at radius 1 is 1.06 bits per heavy atom. The first-order valence-electron chi connectivity index (χ1n) is 11.2. The first-order chi connectivity index (χ1) is 16.5. The highest BCUT2D eigenvalue weighted by Crippen LogP contribution is 2.56. The highest BCUT2D eigenvalue weighted by molar-refractivity contribution is 6.44. The summed E-state index contributed by atoms with van der Waals surface area (Å²) in [5.74, 6) is -7.04. The molecule has 0 unspecified atom stereocenters. The molecule has 2 saturated carbocycles. The number of alkyl halides is 2. The Bertz CT molecular complexity index is 1270. The third kappa shape index (κ3) is 3.52. The van der Waals surface area contributed by atoms with Gasteiger partial charge in [0.2, 0.25) is 5.91 Å². The number of hydrogen-bond acceptors (Lipinski definition) is 4. The molecule has 1 aromatic carbocycles. The normalized spacial score (nSPS) is 22.3. The van der Waals surface area contributed by atoms with Crippen LogP contribution in [0.3, 0.4) is 0 Å². The van der Waals surface area contributed by atoms with Gasteiger partial charge in [0.05, 0.1) is 5.56 Å². The zero-order chi connectivity index (χ0) is 25.3. The first kappa shape index (κ1) is 23.1. The third-order valence-corrected chi connectivity index (χ3v) is 7.24. The number of carbonyl (C=O) groups excluding carboxylic acids is 4. The summed E-state index contributed by atoms with van der Waals surface area (Å²) >= 11 is 0. The zero-order valence-corrected chi connectivity index (χ0v) is 19.0. The lowest BCUT2D eigenvalue weighted by molar-refractivity contribution is -0.164. The van der Waals surface area contributed by atoms with E-state index in [-0.39, 0.29) is 23.2 Å². The number of aromatic nitrogens is 1. The van der Waals surface area contributed by atoms with Crippen LogP contribution in [0.5, 0.6) is 0 Å². The van der Waals surface area contributed by atoms with E-state index >= 15 is 0 Å². The van der Waals surface area contributed by atoms with E-state index in [1.807, 2.05) is 0 Å². The molecule has 2 fully saturated rings. The fourth-order valence-corrected chi connectivity index (χ4v) is 5.59. The average Bonchev–Trinajstić information content (AvgIpc) is 3.36. The number of halogens is 3. The van der Waals surface area contributed by atoms with Crippen molar-refractivity contribution in [1.82, 2.24) is 15.2 Å². The molecule has 6 rings (SSSR count). The Kier molecular flexibility index (Phi) is 5.08. The Morgan fingerprint density at radius 3 is 2.26 bits per heavy atom. The van der Waals surface area contributed by atoms with Crippen molar-refractivity contribution in [1.29, 1.82) is 0 Å². The van der Waals surface area contributed by atoms with Gasteiger partial charge in [-0.3, -0.25) is 19.2 Å². The summed E-state index contributed by atoms with van der Waals surface area (Å²) < 4.78 is 42.2. The van der Waals surface area contributed by atoms with Crippen molar-refractivity contribution in [3.63, 3.8) is 0 Å². The van der Waals surface area contributed by atoms with E-state index in [0.29, 0.717) is 16.9 Å². The maximum atomic E-state index is 13.6. The molecule has 3 heterocycles. The smallest absolute Gasteiger partial charge is 0.293 e. The van der Waals surface area contributed by atoms with Crippen LogP contribution < -0.4 is 16.0 Å². The van der Waals surface area contributed by atoms with Crippen LogP contribution in [0.1, 0.15) is 69.7 Å². The van der Waals surface area contributed by atoms with Gasteiger partial charge in [0.15, 0.2) is 0 Å². The number of amides is 3. The fourth-order valence-electron chi connectivity index (χ4n) is 5.59. The minimum atomic E-state index is -3.12. The van der Waals surface area contributed by atoms with Gasteiger partial charge in [-0.25, -0.2) is 13.2 Å². The van der Waals surface area contributed by atoms with Gasteiger partial charge in [-0.2, -0.15) is 0 Å². The van der Waals surface area contributed by atoms with Crippen molar-refractivity contribution >= 4 is 29.2 Å². The Balaban J connectivity index is 1.45. The molecular weight excluding hydrogens is 465 g/mol. The van der Waals surface area contributed by atoms with Crippen LogP contribution in [-0.2, 0) is 9.59 Å². The van der Waals surface area contributed by atoms with Gasteiger partial charge in [0.1, 0.15) is 17.1 Å². The maximum Gasteiger partial charge on any atom is 0.293 e. The summed E-state index contributed by atoms with van der Waals surface area (Å²) in [6.07, 6.45) is -0.353. The lowest BCUT2D eigenvalue weighted by atomic mass is 9.72. The molecule has 0 radical (unpaired) electrons. The number of anilines is 1. The number of hydrogen-bond donors (Lipinski definition) is 3. The van der Waals surface area contributed by atoms with Gasteiger partial charge in [0.25, 0.3) is 23.5 Å². The number of benzene rings is 1. The molecule has 0 atom stereocenters. The van der Waals surface area contributed by atoms with Crippen LogP contribution in [0.2, 0.25) is 0 Å². The minimum absolute atomic E-state index is 0.00115. The topological polar surface area (TPSA) is 109 Å². The van der Waals surface area contributed by atoms with Gasteiger partial charge < -0.3 is 20.5 Å². The molecule has 2 aromatic rings. The summed E-state index contributed by atoms with van der Waals surface area (Å²) in [6.45, 7) is 1.55. The van der Waals surface area contributed by atoms with E-state index in [0.717, 1.165) is 12.8 Å². The second kappa shape index (κ2) is 7.69. The van der Waals surface area contributed by atoms with Crippen LogP contribution in [0, 0.1) is 12.7 Å². The number of ketones is 1. The minimum Gasteiger partial charge on any atom is -0.357 e. The molecule has 4 aliphatic rings. The van der Waals surface area contributed by atoms with Gasteiger partial charge in [-0.05, 0) is 49.6 Å². The molecule has 0 saturated heterocycles. The van der Waals surface area contributed by atoms with Crippen molar-refractivity contribution in [3.05, 3.63) is 52.6 Å². The summed E-state index contributed by atoms with van der Waals surface area (Å²) in [5.41, 5.74) is -0.351. The van der Waals surface area contributed by atoms with Gasteiger partial charge >= 0.3 is 0 Å². The molecule has 35 heavy (non-hydrogen) atoms. The van der Waals surface area contributed by atoms with Crippen molar-refractivity contribution in [2.75, 3.05) is 12.4 Å². The third-order valence-electron chi connectivity index (χ3n) is 7.24. The molecule has 2 bridgehead atoms. The predicted octanol–water partition coefficient (Wildman–Crippen LogP) is 2.83. The van der Waals surface area contributed by atoms with E-state index in [2.05, 4.69) is 16.0 Å². The second-order valence-corrected chi connectivity index (χ2v) is 9.54. The predicted molar refractivity (Wildman–Crippen MR) is 118 cm³/mol. The van der Waals surface area contributed by atoms with Crippen LogP contribution >= 0.6 is 0 Å². The second-order valence-electron chi connectivity index (χ2n) is 9.54. The van der Waals surface area contributed by atoms with Gasteiger partial charge in [-0.1, -0.05) is 0 Å². The SMILES string of the molecule is CNC(=O)C1(NC(=O)C(=O)c2c(C)c(C(=O)Nc3ccc(F)cc3)n3c2C2CC3C2)CC(F)(F)C1. The quantitative estimate of drug-likeness (QED) is 0.429. The Morgan fingerprint density at radius 2 is 1.69 bits per heavy atom.